The first-order chi connectivity index (χ1) is 6.08. The number of hydrogen-bond donors (Lipinski definition) is 2. The van der Waals surface area contributed by atoms with Crippen LogP contribution in [-0.2, 0) is 0 Å². The van der Waals surface area contributed by atoms with Gasteiger partial charge in [-0.1, -0.05) is 34.1 Å². The van der Waals surface area contributed by atoms with Crippen LogP contribution in [0.15, 0.2) is 0 Å². The molecule has 3 atom stereocenters. The lowest BCUT2D eigenvalue weighted by Crippen LogP contribution is -2.31. The topological polar surface area (TPSA) is 40.5 Å². The zero-order chi connectivity index (χ0) is 10.4. The predicted octanol–water partition coefficient (Wildman–Crippen LogP) is 1.91. The monoisotopic (exact) mass is 188 g/mol. The minimum absolute atomic E-state index is 0.188. The summed E-state index contributed by atoms with van der Waals surface area (Å²) in [6.45, 7) is 8.86. The fourth-order valence-corrected chi connectivity index (χ4v) is 1.88. The van der Waals surface area contributed by atoms with Crippen molar-refractivity contribution < 1.29 is 10.2 Å². The summed E-state index contributed by atoms with van der Waals surface area (Å²) in [6, 6.07) is 0. The molecule has 0 fully saturated rings. The van der Waals surface area contributed by atoms with Gasteiger partial charge in [-0.25, -0.2) is 0 Å². The van der Waals surface area contributed by atoms with Crippen molar-refractivity contribution >= 4 is 0 Å². The van der Waals surface area contributed by atoms with Crippen LogP contribution in [0.2, 0.25) is 0 Å². The molecule has 0 spiro atoms. The predicted molar refractivity (Wildman–Crippen MR) is 55.4 cm³/mol. The summed E-state index contributed by atoms with van der Waals surface area (Å²) in [5.41, 5.74) is 0. The highest BCUT2D eigenvalue weighted by atomic mass is 16.3. The van der Waals surface area contributed by atoms with Crippen LogP contribution in [0.1, 0.15) is 34.1 Å². The highest BCUT2D eigenvalue weighted by Crippen LogP contribution is 2.28. The molecule has 0 aromatic carbocycles. The minimum Gasteiger partial charge on any atom is -0.396 e. The van der Waals surface area contributed by atoms with E-state index in [2.05, 4.69) is 27.7 Å². The molecule has 0 bridgehead atoms. The average Bonchev–Trinajstić information content (AvgIpc) is 2.12. The van der Waals surface area contributed by atoms with Crippen molar-refractivity contribution in [3.05, 3.63) is 0 Å². The second kappa shape index (κ2) is 6.39. The zero-order valence-electron chi connectivity index (χ0n) is 9.33. The standard InChI is InChI=1S/C11H24O2/c1-5-9(4)11(7-13)10(6-12)8(2)3/h8-13H,5-7H2,1-4H3. The molecule has 0 rings (SSSR count). The van der Waals surface area contributed by atoms with Crippen LogP contribution < -0.4 is 0 Å². The van der Waals surface area contributed by atoms with Gasteiger partial charge in [0.15, 0.2) is 0 Å². The zero-order valence-corrected chi connectivity index (χ0v) is 9.33. The molecule has 0 amide bonds. The fraction of sp³-hybridized carbons (Fsp3) is 1.00. The second-order valence-electron chi connectivity index (χ2n) is 4.32. The summed E-state index contributed by atoms with van der Waals surface area (Å²) in [6.07, 6.45) is 1.06. The van der Waals surface area contributed by atoms with Crippen LogP contribution in [0.4, 0.5) is 0 Å². The molecule has 0 radical (unpaired) electrons. The summed E-state index contributed by atoms with van der Waals surface area (Å²) in [4.78, 5) is 0. The third kappa shape index (κ3) is 3.65. The van der Waals surface area contributed by atoms with Crippen molar-refractivity contribution in [3.8, 4) is 0 Å². The van der Waals surface area contributed by atoms with E-state index in [9.17, 15) is 10.2 Å². The van der Waals surface area contributed by atoms with E-state index in [4.69, 9.17) is 0 Å². The second-order valence-corrected chi connectivity index (χ2v) is 4.32. The van der Waals surface area contributed by atoms with Crippen LogP contribution >= 0.6 is 0 Å². The molecule has 0 aliphatic heterocycles. The molecule has 0 aliphatic rings. The lowest BCUT2D eigenvalue weighted by atomic mass is 9.76. The molecular formula is C11H24O2. The molecule has 2 N–H and O–H groups in total. The largest absolute Gasteiger partial charge is 0.396 e. The van der Waals surface area contributed by atoms with Crippen molar-refractivity contribution in [3.63, 3.8) is 0 Å². The van der Waals surface area contributed by atoms with Crippen LogP contribution in [0.25, 0.3) is 0 Å². The maximum absolute atomic E-state index is 9.27. The van der Waals surface area contributed by atoms with Crippen molar-refractivity contribution in [1.29, 1.82) is 0 Å². The van der Waals surface area contributed by atoms with Gasteiger partial charge in [0.1, 0.15) is 0 Å². The van der Waals surface area contributed by atoms with Gasteiger partial charge >= 0.3 is 0 Å². The van der Waals surface area contributed by atoms with Gasteiger partial charge in [0.2, 0.25) is 0 Å². The van der Waals surface area contributed by atoms with Crippen molar-refractivity contribution in [2.24, 2.45) is 23.7 Å². The summed E-state index contributed by atoms with van der Waals surface area (Å²) in [7, 11) is 0. The quantitative estimate of drug-likeness (QED) is 0.668. The molecule has 0 aromatic heterocycles. The van der Waals surface area contributed by atoms with Gasteiger partial charge in [0.05, 0.1) is 0 Å². The first-order valence-corrected chi connectivity index (χ1v) is 5.30. The lowest BCUT2D eigenvalue weighted by Gasteiger charge is -2.31. The summed E-state index contributed by atoms with van der Waals surface area (Å²) in [5, 5.41) is 18.5. The van der Waals surface area contributed by atoms with E-state index < -0.39 is 0 Å². The van der Waals surface area contributed by atoms with Crippen molar-refractivity contribution in [2.75, 3.05) is 13.2 Å². The SMILES string of the molecule is CCC(C)C(CO)C(CO)C(C)C. The molecule has 0 aromatic rings. The van der Waals surface area contributed by atoms with E-state index in [0.29, 0.717) is 11.8 Å². The Balaban J connectivity index is 4.33. The first kappa shape index (κ1) is 12.9. The minimum atomic E-state index is 0.188. The van der Waals surface area contributed by atoms with Crippen LogP contribution in [-0.4, -0.2) is 23.4 Å². The molecule has 13 heavy (non-hydrogen) atoms. The molecule has 0 saturated carbocycles. The lowest BCUT2D eigenvalue weighted by molar-refractivity contribution is 0.0572. The van der Waals surface area contributed by atoms with Crippen molar-refractivity contribution in [2.45, 2.75) is 34.1 Å². The Bertz CT molecular complexity index is 123. The summed E-state index contributed by atoms with van der Waals surface area (Å²) >= 11 is 0. The van der Waals surface area contributed by atoms with Gasteiger partial charge in [-0.15, -0.1) is 0 Å². The Morgan fingerprint density at radius 2 is 1.38 bits per heavy atom. The van der Waals surface area contributed by atoms with E-state index in [-0.39, 0.29) is 25.0 Å². The Morgan fingerprint density at radius 3 is 1.62 bits per heavy atom. The van der Waals surface area contributed by atoms with Gasteiger partial charge < -0.3 is 10.2 Å². The van der Waals surface area contributed by atoms with Gasteiger partial charge in [0, 0.05) is 13.2 Å². The van der Waals surface area contributed by atoms with Crippen LogP contribution in [0.3, 0.4) is 0 Å². The Hall–Kier alpha value is -0.0800. The molecule has 0 aliphatic carbocycles. The molecule has 0 saturated heterocycles. The van der Waals surface area contributed by atoms with E-state index in [1.54, 1.807) is 0 Å². The van der Waals surface area contributed by atoms with E-state index in [1.165, 1.54) is 0 Å². The Labute approximate surface area is 82.0 Å². The van der Waals surface area contributed by atoms with E-state index >= 15 is 0 Å². The van der Waals surface area contributed by atoms with Gasteiger partial charge in [-0.05, 0) is 23.7 Å². The molecule has 0 heterocycles. The highest BCUT2D eigenvalue weighted by molar-refractivity contribution is 4.75. The third-order valence-corrected chi connectivity index (χ3v) is 3.20. The average molecular weight is 188 g/mol. The highest BCUT2D eigenvalue weighted by Gasteiger charge is 2.26. The number of aliphatic hydroxyl groups excluding tert-OH is 2. The summed E-state index contributed by atoms with van der Waals surface area (Å²) in [5.74, 6) is 1.41. The number of aliphatic hydroxyl groups is 2. The molecule has 2 heteroatoms. The Kier molecular flexibility index (Phi) is 6.35. The van der Waals surface area contributed by atoms with Crippen LogP contribution in [0.5, 0.6) is 0 Å². The van der Waals surface area contributed by atoms with E-state index in [1.807, 2.05) is 0 Å². The normalized spacial score (nSPS) is 18.7. The molecular weight excluding hydrogens is 164 g/mol. The van der Waals surface area contributed by atoms with Gasteiger partial charge in [-0.3, -0.25) is 0 Å². The Morgan fingerprint density at radius 1 is 0.923 bits per heavy atom. The molecule has 80 valence electrons. The maximum Gasteiger partial charge on any atom is 0.0465 e. The van der Waals surface area contributed by atoms with Crippen molar-refractivity contribution in [1.82, 2.24) is 0 Å². The van der Waals surface area contributed by atoms with Crippen LogP contribution in [0, 0.1) is 23.7 Å². The first-order valence-electron chi connectivity index (χ1n) is 5.30. The maximum atomic E-state index is 9.27. The smallest absolute Gasteiger partial charge is 0.0465 e. The molecule has 2 nitrogen and oxygen atoms in total. The van der Waals surface area contributed by atoms with E-state index in [0.717, 1.165) is 6.42 Å². The summed E-state index contributed by atoms with van der Waals surface area (Å²) < 4.78 is 0. The number of hydrogen-bond acceptors (Lipinski definition) is 2. The fourth-order valence-electron chi connectivity index (χ4n) is 1.88. The van der Waals surface area contributed by atoms with Gasteiger partial charge in [-0.2, -0.15) is 0 Å². The van der Waals surface area contributed by atoms with Gasteiger partial charge in [0.25, 0.3) is 0 Å². The molecule has 3 unspecified atom stereocenters. The number of rotatable bonds is 6. The third-order valence-electron chi connectivity index (χ3n) is 3.20.